The first-order chi connectivity index (χ1) is 5.81. The molecule has 0 aliphatic heterocycles. The van der Waals surface area contributed by atoms with Gasteiger partial charge in [0.25, 0.3) is 0 Å². The maximum Gasteiger partial charge on any atom is 0.0908 e. The highest BCUT2D eigenvalue weighted by Crippen LogP contribution is 1.99. The van der Waals surface area contributed by atoms with Gasteiger partial charge in [-0.2, -0.15) is 0 Å². The number of hydrogen-bond acceptors (Lipinski definition) is 2. The molecule has 1 N–H and O–H groups in total. The van der Waals surface area contributed by atoms with Crippen LogP contribution in [0.5, 0.6) is 0 Å². The smallest absolute Gasteiger partial charge is 0.0908 e. The van der Waals surface area contributed by atoms with Crippen LogP contribution in [0, 0.1) is 0 Å². The largest absolute Gasteiger partial charge is 0.389 e. The highest BCUT2D eigenvalue weighted by molar-refractivity contribution is 6.18. The molecular weight excluding hydrogens is 176 g/mol. The average Bonchev–Trinajstić information content (AvgIpc) is 2.10. The fraction of sp³-hybridized carbons (Fsp3) is 1.00. The maximum absolute atomic E-state index is 9.00. The fourth-order valence-electron chi connectivity index (χ4n) is 0.895. The molecule has 0 saturated heterocycles. The van der Waals surface area contributed by atoms with E-state index >= 15 is 0 Å². The van der Waals surface area contributed by atoms with Crippen molar-refractivity contribution in [2.45, 2.75) is 38.7 Å². The van der Waals surface area contributed by atoms with Crippen molar-refractivity contribution in [2.24, 2.45) is 0 Å². The Hall–Kier alpha value is 0.210. The van der Waals surface area contributed by atoms with Crippen molar-refractivity contribution in [1.82, 2.24) is 0 Å². The summed E-state index contributed by atoms with van der Waals surface area (Å²) in [5.74, 6) is 0.259. The van der Waals surface area contributed by atoms with Gasteiger partial charge in [0.15, 0.2) is 0 Å². The van der Waals surface area contributed by atoms with Gasteiger partial charge in [-0.1, -0.05) is 26.2 Å². The Labute approximate surface area is 79.9 Å². The first kappa shape index (κ1) is 12.2. The first-order valence-corrected chi connectivity index (χ1v) is 5.16. The lowest BCUT2D eigenvalue weighted by atomic mass is 10.2. The standard InChI is InChI=1S/C9H19ClO2/c1-2-3-4-5-6-12-8-9(11)7-10/h9,11H,2-8H2,1H3/t9-/m1/s1. The predicted molar refractivity (Wildman–Crippen MR) is 51.7 cm³/mol. The van der Waals surface area contributed by atoms with Crippen molar-refractivity contribution in [3.05, 3.63) is 0 Å². The van der Waals surface area contributed by atoms with E-state index in [9.17, 15) is 0 Å². The molecule has 12 heavy (non-hydrogen) atoms. The minimum absolute atomic E-state index is 0.259. The zero-order valence-corrected chi connectivity index (χ0v) is 8.52. The van der Waals surface area contributed by atoms with Crippen LogP contribution in [0.3, 0.4) is 0 Å². The lowest BCUT2D eigenvalue weighted by Crippen LogP contribution is -2.17. The van der Waals surface area contributed by atoms with E-state index in [1.807, 2.05) is 0 Å². The normalized spacial score (nSPS) is 13.2. The van der Waals surface area contributed by atoms with Crippen LogP contribution >= 0.6 is 11.6 Å². The Kier molecular flexibility index (Phi) is 9.46. The number of rotatable bonds is 8. The van der Waals surface area contributed by atoms with Gasteiger partial charge in [-0.05, 0) is 6.42 Å². The molecule has 0 aromatic heterocycles. The molecule has 74 valence electrons. The van der Waals surface area contributed by atoms with Gasteiger partial charge in [0, 0.05) is 6.61 Å². The van der Waals surface area contributed by atoms with Crippen molar-refractivity contribution in [1.29, 1.82) is 0 Å². The second-order valence-corrected chi connectivity index (χ2v) is 3.25. The molecule has 0 rings (SSSR count). The maximum atomic E-state index is 9.00. The monoisotopic (exact) mass is 194 g/mol. The van der Waals surface area contributed by atoms with Gasteiger partial charge in [0.1, 0.15) is 0 Å². The highest BCUT2D eigenvalue weighted by Gasteiger charge is 2.00. The highest BCUT2D eigenvalue weighted by atomic mass is 35.5. The van der Waals surface area contributed by atoms with E-state index in [4.69, 9.17) is 21.4 Å². The molecule has 0 fully saturated rings. The molecule has 3 heteroatoms. The van der Waals surface area contributed by atoms with Crippen LogP contribution in [0.1, 0.15) is 32.6 Å². The quantitative estimate of drug-likeness (QED) is 0.474. The summed E-state index contributed by atoms with van der Waals surface area (Å²) < 4.78 is 5.20. The summed E-state index contributed by atoms with van der Waals surface area (Å²) in [5, 5.41) is 9.00. The second-order valence-electron chi connectivity index (χ2n) is 2.94. The van der Waals surface area contributed by atoms with E-state index in [1.165, 1.54) is 19.3 Å². The Balaban J connectivity index is 2.90. The van der Waals surface area contributed by atoms with Gasteiger partial charge in [-0.15, -0.1) is 11.6 Å². The second kappa shape index (κ2) is 9.30. The minimum Gasteiger partial charge on any atom is -0.389 e. The van der Waals surface area contributed by atoms with E-state index in [2.05, 4.69) is 6.92 Å². The lowest BCUT2D eigenvalue weighted by molar-refractivity contribution is 0.0462. The van der Waals surface area contributed by atoms with Gasteiger partial charge in [0.05, 0.1) is 18.6 Å². The molecule has 0 aliphatic rings. The Morgan fingerprint density at radius 3 is 2.67 bits per heavy atom. The molecular formula is C9H19ClO2. The molecule has 0 aromatic rings. The lowest BCUT2D eigenvalue weighted by Gasteiger charge is -2.07. The van der Waals surface area contributed by atoms with E-state index in [1.54, 1.807) is 0 Å². The number of aliphatic hydroxyl groups excluding tert-OH is 1. The zero-order chi connectivity index (χ0) is 9.23. The van der Waals surface area contributed by atoms with Crippen LogP contribution in [-0.2, 0) is 4.74 Å². The van der Waals surface area contributed by atoms with E-state index < -0.39 is 6.10 Å². The molecule has 0 unspecified atom stereocenters. The Bertz CT molecular complexity index is 88.6. The molecule has 0 heterocycles. The molecule has 0 radical (unpaired) electrons. The third-order valence-corrected chi connectivity index (χ3v) is 1.99. The van der Waals surface area contributed by atoms with Gasteiger partial charge < -0.3 is 9.84 Å². The fourth-order valence-corrected chi connectivity index (χ4v) is 0.984. The van der Waals surface area contributed by atoms with Crippen molar-refractivity contribution >= 4 is 11.6 Å². The SMILES string of the molecule is CCCCCCOC[C@H](O)CCl. The van der Waals surface area contributed by atoms with Crippen LogP contribution in [0.25, 0.3) is 0 Å². The average molecular weight is 195 g/mol. The predicted octanol–water partition coefficient (Wildman–Crippen LogP) is 2.18. The third-order valence-electron chi connectivity index (χ3n) is 1.63. The number of ether oxygens (including phenoxy) is 1. The number of unbranched alkanes of at least 4 members (excludes halogenated alkanes) is 3. The number of aliphatic hydroxyl groups is 1. The summed E-state index contributed by atoms with van der Waals surface area (Å²) >= 11 is 5.38. The minimum atomic E-state index is -0.502. The van der Waals surface area contributed by atoms with Gasteiger partial charge in [0.2, 0.25) is 0 Å². The van der Waals surface area contributed by atoms with Gasteiger partial charge in [-0.25, -0.2) is 0 Å². The van der Waals surface area contributed by atoms with Crippen molar-refractivity contribution in [2.75, 3.05) is 19.1 Å². The van der Waals surface area contributed by atoms with Crippen LogP contribution < -0.4 is 0 Å². The summed E-state index contributed by atoms with van der Waals surface area (Å²) in [5.41, 5.74) is 0. The summed E-state index contributed by atoms with van der Waals surface area (Å²) in [6.07, 6.45) is 4.31. The summed E-state index contributed by atoms with van der Waals surface area (Å²) in [6.45, 7) is 3.29. The molecule has 1 atom stereocenters. The van der Waals surface area contributed by atoms with Crippen LogP contribution in [0.2, 0.25) is 0 Å². The van der Waals surface area contributed by atoms with Crippen molar-refractivity contribution in [3.8, 4) is 0 Å². The number of halogens is 1. The molecule has 0 bridgehead atoms. The number of alkyl halides is 1. The topological polar surface area (TPSA) is 29.5 Å². The van der Waals surface area contributed by atoms with E-state index in [-0.39, 0.29) is 5.88 Å². The Morgan fingerprint density at radius 1 is 1.33 bits per heavy atom. The van der Waals surface area contributed by atoms with Crippen LogP contribution in [-0.4, -0.2) is 30.3 Å². The molecule has 0 aliphatic carbocycles. The number of hydrogen-bond donors (Lipinski definition) is 1. The van der Waals surface area contributed by atoms with Gasteiger partial charge >= 0.3 is 0 Å². The Morgan fingerprint density at radius 2 is 2.08 bits per heavy atom. The molecule has 0 saturated carbocycles. The van der Waals surface area contributed by atoms with Crippen molar-refractivity contribution < 1.29 is 9.84 Å². The van der Waals surface area contributed by atoms with E-state index in [0.29, 0.717) is 6.61 Å². The molecule has 0 aromatic carbocycles. The zero-order valence-electron chi connectivity index (χ0n) is 7.76. The summed E-state index contributed by atoms with van der Waals surface area (Å²) in [7, 11) is 0. The molecule has 0 amide bonds. The summed E-state index contributed by atoms with van der Waals surface area (Å²) in [6, 6.07) is 0. The van der Waals surface area contributed by atoms with E-state index in [0.717, 1.165) is 13.0 Å². The van der Waals surface area contributed by atoms with Gasteiger partial charge in [-0.3, -0.25) is 0 Å². The third kappa shape index (κ3) is 8.31. The summed E-state index contributed by atoms with van der Waals surface area (Å²) in [4.78, 5) is 0. The molecule has 0 spiro atoms. The molecule has 2 nitrogen and oxygen atoms in total. The van der Waals surface area contributed by atoms with Crippen LogP contribution in [0.4, 0.5) is 0 Å². The first-order valence-electron chi connectivity index (χ1n) is 4.63. The van der Waals surface area contributed by atoms with Crippen LogP contribution in [0.15, 0.2) is 0 Å². The van der Waals surface area contributed by atoms with Crippen molar-refractivity contribution in [3.63, 3.8) is 0 Å².